The first kappa shape index (κ1) is 8.00. The Morgan fingerprint density at radius 2 is 1.73 bits per heavy atom. The molecule has 3 amide bonds. The van der Waals surface area contributed by atoms with Crippen LogP contribution in [0.25, 0.3) is 0 Å². The number of urea groups is 1. The molecule has 0 unspecified atom stereocenters. The van der Waals surface area contributed by atoms with E-state index in [1.807, 2.05) is 5.32 Å². The molecule has 2 rings (SSSR count). The van der Waals surface area contributed by atoms with Crippen LogP contribution in [0.3, 0.4) is 0 Å². The average Bonchev–Trinajstić information content (AvgIpc) is 2.09. The smallest absolute Gasteiger partial charge is 0.321 e. The van der Waals surface area contributed by atoms with Crippen LogP contribution >= 0.6 is 0 Å². The topological polar surface area (TPSA) is 70.2 Å². The maximum absolute atomic E-state index is 10.1. The van der Waals surface area contributed by atoms with Gasteiger partial charge in [-0.1, -0.05) is 0 Å². The summed E-state index contributed by atoms with van der Waals surface area (Å²) in [4.78, 5) is 20.1. The van der Waals surface area contributed by atoms with Gasteiger partial charge in [0.15, 0.2) is 0 Å². The maximum atomic E-state index is 10.1. The highest BCUT2D eigenvalue weighted by atomic mass is 16.2. The Labute approximate surface area is 64.5 Å². The minimum Gasteiger partial charge on any atom is -0.329 e. The number of hydrogen-bond acceptors (Lipinski definition) is 3. The van der Waals surface area contributed by atoms with Crippen LogP contribution in [0.4, 0.5) is 4.79 Å². The normalized spacial score (nSPS) is 20.7. The molecule has 11 heavy (non-hydrogen) atoms. The molecule has 2 heterocycles. The van der Waals surface area contributed by atoms with E-state index in [0.717, 1.165) is 0 Å². The fourth-order valence-electron chi connectivity index (χ4n) is 0.552. The van der Waals surface area contributed by atoms with Gasteiger partial charge in [-0.2, -0.15) is 0 Å². The number of carbonyl (C=O) groups is 2. The zero-order chi connectivity index (χ0) is 8.10. The fourth-order valence-corrected chi connectivity index (χ4v) is 0.552. The molecular formula is C6H11N3O2. The summed E-state index contributed by atoms with van der Waals surface area (Å²) in [6, 6.07) is -0.398. The highest BCUT2D eigenvalue weighted by Gasteiger charge is 2.14. The maximum Gasteiger partial charge on any atom is 0.321 e. The lowest BCUT2D eigenvalue weighted by Crippen LogP contribution is -2.29. The highest BCUT2D eigenvalue weighted by molar-refractivity contribution is 6.01. The van der Waals surface area contributed by atoms with Crippen molar-refractivity contribution in [1.29, 1.82) is 0 Å². The van der Waals surface area contributed by atoms with E-state index in [4.69, 9.17) is 0 Å². The first-order chi connectivity index (χ1) is 5.29. The van der Waals surface area contributed by atoms with Crippen LogP contribution in [-0.2, 0) is 4.79 Å². The molecule has 0 radical (unpaired) electrons. The molecule has 0 aromatic rings. The highest BCUT2D eigenvalue weighted by Crippen LogP contribution is 1.80. The van der Waals surface area contributed by atoms with E-state index >= 15 is 0 Å². The fraction of sp³-hybridized carbons (Fsp3) is 0.667. The van der Waals surface area contributed by atoms with Crippen LogP contribution in [0, 0.1) is 0 Å². The number of imide groups is 1. The summed E-state index contributed by atoms with van der Waals surface area (Å²) in [6.07, 6.45) is 1.39. The molecule has 2 aliphatic heterocycles. The van der Waals surface area contributed by atoms with Gasteiger partial charge in [0.1, 0.15) is 0 Å². The predicted molar refractivity (Wildman–Crippen MR) is 39.0 cm³/mol. The Hall–Kier alpha value is -1.10. The summed E-state index contributed by atoms with van der Waals surface area (Å²) in [5.74, 6) is -0.259. The second-order valence-corrected chi connectivity index (χ2v) is 2.33. The van der Waals surface area contributed by atoms with E-state index < -0.39 is 6.03 Å². The summed E-state index contributed by atoms with van der Waals surface area (Å²) >= 11 is 0. The summed E-state index contributed by atoms with van der Waals surface area (Å²) in [5, 5.41) is 7.41. The standard InChI is InChI=1S/C3H4N2O2.C3H7N/c6-2-1-4-3(7)5-2;1-2-4-3-1/h1H2,(H2,4,5,6,7);4H,1-3H2. The van der Waals surface area contributed by atoms with Crippen LogP contribution < -0.4 is 16.0 Å². The zero-order valence-corrected chi connectivity index (χ0v) is 6.14. The third-order valence-electron chi connectivity index (χ3n) is 1.37. The van der Waals surface area contributed by atoms with Gasteiger partial charge in [0.05, 0.1) is 6.54 Å². The Morgan fingerprint density at radius 1 is 1.18 bits per heavy atom. The van der Waals surface area contributed by atoms with Crippen molar-refractivity contribution in [3.8, 4) is 0 Å². The molecule has 0 saturated carbocycles. The first-order valence-corrected chi connectivity index (χ1v) is 3.57. The molecule has 3 N–H and O–H groups in total. The number of rotatable bonds is 0. The quantitative estimate of drug-likeness (QED) is 0.387. The van der Waals surface area contributed by atoms with Crippen molar-refractivity contribution in [3.05, 3.63) is 0 Å². The summed E-state index contributed by atoms with van der Waals surface area (Å²) < 4.78 is 0. The number of nitrogens with one attached hydrogen (secondary N) is 3. The van der Waals surface area contributed by atoms with Crippen molar-refractivity contribution < 1.29 is 9.59 Å². The van der Waals surface area contributed by atoms with E-state index in [-0.39, 0.29) is 12.5 Å². The monoisotopic (exact) mass is 157 g/mol. The molecule has 0 atom stereocenters. The molecule has 0 bridgehead atoms. The minimum absolute atomic E-state index is 0.124. The van der Waals surface area contributed by atoms with Gasteiger partial charge < -0.3 is 10.6 Å². The molecule has 5 heteroatoms. The molecular weight excluding hydrogens is 146 g/mol. The lowest BCUT2D eigenvalue weighted by atomic mass is 10.3. The number of hydrogen-bond donors (Lipinski definition) is 3. The van der Waals surface area contributed by atoms with E-state index in [0.29, 0.717) is 0 Å². The van der Waals surface area contributed by atoms with Crippen molar-refractivity contribution in [2.75, 3.05) is 19.6 Å². The van der Waals surface area contributed by atoms with E-state index in [1.165, 1.54) is 19.5 Å². The molecule has 2 aliphatic rings. The number of amides is 3. The molecule has 0 spiro atoms. The molecule has 2 fully saturated rings. The third-order valence-corrected chi connectivity index (χ3v) is 1.37. The van der Waals surface area contributed by atoms with Gasteiger partial charge in [0.25, 0.3) is 0 Å². The first-order valence-electron chi connectivity index (χ1n) is 3.57. The molecule has 0 aromatic carbocycles. The van der Waals surface area contributed by atoms with Crippen LogP contribution in [0.15, 0.2) is 0 Å². The van der Waals surface area contributed by atoms with Crippen LogP contribution in [0.2, 0.25) is 0 Å². The Balaban J connectivity index is 0.000000128. The van der Waals surface area contributed by atoms with Crippen LogP contribution in [0.5, 0.6) is 0 Å². The van der Waals surface area contributed by atoms with E-state index in [9.17, 15) is 9.59 Å². The minimum atomic E-state index is -0.398. The van der Waals surface area contributed by atoms with Crippen LogP contribution in [0.1, 0.15) is 6.42 Å². The second-order valence-electron chi connectivity index (χ2n) is 2.33. The molecule has 5 nitrogen and oxygen atoms in total. The lowest BCUT2D eigenvalue weighted by molar-refractivity contribution is -0.117. The summed E-state index contributed by atoms with van der Waals surface area (Å²) in [6.45, 7) is 2.62. The molecule has 62 valence electrons. The van der Waals surface area contributed by atoms with Gasteiger partial charge in [-0.15, -0.1) is 0 Å². The average molecular weight is 157 g/mol. The van der Waals surface area contributed by atoms with Crippen molar-refractivity contribution in [3.63, 3.8) is 0 Å². The van der Waals surface area contributed by atoms with Gasteiger partial charge >= 0.3 is 6.03 Å². The third kappa shape index (κ3) is 2.99. The Bertz CT molecular complexity index is 147. The molecule has 0 aliphatic carbocycles. The van der Waals surface area contributed by atoms with Crippen molar-refractivity contribution >= 4 is 11.9 Å². The van der Waals surface area contributed by atoms with Gasteiger partial charge in [-0.3, -0.25) is 10.1 Å². The van der Waals surface area contributed by atoms with Crippen LogP contribution in [-0.4, -0.2) is 31.6 Å². The largest absolute Gasteiger partial charge is 0.329 e. The van der Waals surface area contributed by atoms with Gasteiger partial charge in [-0.05, 0) is 19.5 Å². The zero-order valence-electron chi connectivity index (χ0n) is 6.14. The van der Waals surface area contributed by atoms with Gasteiger partial charge in [-0.25, -0.2) is 4.79 Å². The van der Waals surface area contributed by atoms with E-state index in [2.05, 4.69) is 10.6 Å². The molecule has 0 aromatic heterocycles. The Kier molecular flexibility index (Phi) is 2.85. The van der Waals surface area contributed by atoms with Crippen molar-refractivity contribution in [1.82, 2.24) is 16.0 Å². The summed E-state index contributed by atoms with van der Waals surface area (Å²) in [7, 11) is 0. The van der Waals surface area contributed by atoms with Gasteiger partial charge in [0, 0.05) is 0 Å². The van der Waals surface area contributed by atoms with Gasteiger partial charge in [0.2, 0.25) is 5.91 Å². The van der Waals surface area contributed by atoms with Crippen molar-refractivity contribution in [2.45, 2.75) is 6.42 Å². The second kappa shape index (κ2) is 3.92. The number of carbonyl (C=O) groups excluding carboxylic acids is 2. The SMILES string of the molecule is C1CNC1.O=C1CNC(=O)N1. The summed E-state index contributed by atoms with van der Waals surface area (Å²) in [5.41, 5.74) is 0. The van der Waals surface area contributed by atoms with E-state index in [1.54, 1.807) is 0 Å². The lowest BCUT2D eigenvalue weighted by Gasteiger charge is -2.09. The Morgan fingerprint density at radius 3 is 1.82 bits per heavy atom. The predicted octanol–water partition coefficient (Wildman–Crippen LogP) is -1.19. The molecule has 2 saturated heterocycles. The van der Waals surface area contributed by atoms with Crippen molar-refractivity contribution in [2.24, 2.45) is 0 Å².